The molecule has 0 aromatic heterocycles. The summed E-state index contributed by atoms with van der Waals surface area (Å²) in [4.78, 5) is 0. The van der Waals surface area contributed by atoms with Gasteiger partial charge >= 0.3 is 0 Å². The molecule has 0 amide bonds. The molecule has 17 heavy (non-hydrogen) atoms. The van der Waals surface area contributed by atoms with Gasteiger partial charge in [-0.25, -0.2) is 0 Å². The Bertz CT molecular complexity index is 366. The molecule has 0 spiro atoms. The third kappa shape index (κ3) is 4.66. The topological polar surface area (TPSA) is 41.5 Å². The molecule has 0 aliphatic rings. The average molecular weight is 302 g/mol. The van der Waals surface area contributed by atoms with Crippen LogP contribution in [0.2, 0.25) is 0 Å². The summed E-state index contributed by atoms with van der Waals surface area (Å²) in [5.41, 5.74) is 0.231. The average Bonchev–Trinajstić information content (AvgIpc) is 2.26. The van der Waals surface area contributed by atoms with Gasteiger partial charge in [0.15, 0.2) is 0 Å². The number of benzene rings is 1. The smallest absolute Gasteiger partial charge is 0.122 e. The van der Waals surface area contributed by atoms with Crippen molar-refractivity contribution >= 4 is 15.9 Å². The van der Waals surface area contributed by atoms with Gasteiger partial charge in [0.25, 0.3) is 0 Å². The van der Waals surface area contributed by atoms with Crippen molar-refractivity contribution in [1.82, 2.24) is 5.32 Å². The first-order valence-corrected chi connectivity index (χ1v) is 6.53. The van der Waals surface area contributed by atoms with Crippen LogP contribution >= 0.6 is 15.9 Å². The van der Waals surface area contributed by atoms with E-state index in [2.05, 4.69) is 21.2 Å². The van der Waals surface area contributed by atoms with E-state index in [0.29, 0.717) is 13.0 Å². The zero-order chi connectivity index (χ0) is 12.9. The quantitative estimate of drug-likeness (QED) is 0.847. The van der Waals surface area contributed by atoms with Crippen molar-refractivity contribution in [2.45, 2.75) is 25.9 Å². The molecule has 0 aliphatic carbocycles. The standard InChI is InChI=1S/C13H20BrNO2/c1-4-15-9-13(2,16)8-10-7-11(14)5-6-12(10)17-3/h5-7,15-16H,4,8-9H2,1-3H3. The molecule has 1 aromatic carbocycles. The lowest BCUT2D eigenvalue weighted by Crippen LogP contribution is -2.39. The SMILES string of the molecule is CCNCC(C)(O)Cc1cc(Br)ccc1OC. The fourth-order valence-electron chi connectivity index (χ4n) is 1.75. The predicted molar refractivity (Wildman–Crippen MR) is 73.6 cm³/mol. The van der Waals surface area contributed by atoms with Gasteiger partial charge in [-0.05, 0) is 37.2 Å². The van der Waals surface area contributed by atoms with E-state index in [0.717, 1.165) is 22.3 Å². The van der Waals surface area contributed by atoms with E-state index in [9.17, 15) is 5.11 Å². The third-order valence-corrected chi connectivity index (χ3v) is 3.06. The maximum Gasteiger partial charge on any atom is 0.122 e. The monoisotopic (exact) mass is 301 g/mol. The number of rotatable bonds is 6. The zero-order valence-corrected chi connectivity index (χ0v) is 12.2. The number of methoxy groups -OCH3 is 1. The van der Waals surface area contributed by atoms with Crippen LogP contribution in [0.25, 0.3) is 0 Å². The first kappa shape index (κ1) is 14.5. The number of hydrogen-bond donors (Lipinski definition) is 2. The lowest BCUT2D eigenvalue weighted by molar-refractivity contribution is 0.0601. The van der Waals surface area contributed by atoms with Gasteiger partial charge in [0.05, 0.1) is 12.7 Å². The summed E-state index contributed by atoms with van der Waals surface area (Å²) in [5.74, 6) is 0.810. The Kier molecular flexibility index (Phi) is 5.43. The van der Waals surface area contributed by atoms with Gasteiger partial charge in [-0.3, -0.25) is 0 Å². The van der Waals surface area contributed by atoms with Gasteiger partial charge in [0, 0.05) is 17.4 Å². The van der Waals surface area contributed by atoms with Crippen LogP contribution in [0.3, 0.4) is 0 Å². The molecule has 0 bridgehead atoms. The summed E-state index contributed by atoms with van der Waals surface area (Å²) in [7, 11) is 1.64. The third-order valence-electron chi connectivity index (χ3n) is 2.57. The van der Waals surface area contributed by atoms with E-state index in [1.54, 1.807) is 7.11 Å². The second-order valence-electron chi connectivity index (χ2n) is 4.41. The molecule has 1 atom stereocenters. The Morgan fingerprint density at radius 3 is 2.76 bits per heavy atom. The number of nitrogens with one attached hydrogen (secondary N) is 1. The number of ether oxygens (including phenoxy) is 1. The minimum Gasteiger partial charge on any atom is -0.496 e. The molecule has 0 heterocycles. The number of halogens is 1. The molecule has 2 N–H and O–H groups in total. The maximum atomic E-state index is 10.3. The van der Waals surface area contributed by atoms with Crippen molar-refractivity contribution < 1.29 is 9.84 Å². The molecular formula is C13H20BrNO2. The van der Waals surface area contributed by atoms with Crippen LogP contribution in [-0.4, -0.2) is 30.9 Å². The van der Waals surface area contributed by atoms with Crippen molar-refractivity contribution in [2.24, 2.45) is 0 Å². The molecule has 1 unspecified atom stereocenters. The first-order chi connectivity index (χ1) is 7.98. The van der Waals surface area contributed by atoms with Crippen LogP contribution in [0.4, 0.5) is 0 Å². The van der Waals surface area contributed by atoms with Crippen LogP contribution in [-0.2, 0) is 6.42 Å². The fourth-order valence-corrected chi connectivity index (χ4v) is 2.16. The van der Waals surface area contributed by atoms with E-state index in [1.807, 2.05) is 32.0 Å². The van der Waals surface area contributed by atoms with Crippen molar-refractivity contribution in [3.8, 4) is 5.75 Å². The highest BCUT2D eigenvalue weighted by Gasteiger charge is 2.22. The van der Waals surface area contributed by atoms with Gasteiger partial charge in [-0.15, -0.1) is 0 Å². The van der Waals surface area contributed by atoms with E-state index in [4.69, 9.17) is 4.74 Å². The molecule has 0 fully saturated rings. The predicted octanol–water partition coefficient (Wildman–Crippen LogP) is 2.36. The minimum absolute atomic E-state index is 0.558. The Morgan fingerprint density at radius 1 is 1.47 bits per heavy atom. The molecule has 0 saturated carbocycles. The van der Waals surface area contributed by atoms with Crippen LogP contribution in [0.5, 0.6) is 5.75 Å². The van der Waals surface area contributed by atoms with Crippen LogP contribution in [0, 0.1) is 0 Å². The highest BCUT2D eigenvalue weighted by molar-refractivity contribution is 9.10. The summed E-state index contributed by atoms with van der Waals surface area (Å²) >= 11 is 3.43. The largest absolute Gasteiger partial charge is 0.496 e. The normalized spacial score (nSPS) is 14.4. The van der Waals surface area contributed by atoms with Gasteiger partial charge in [0.1, 0.15) is 5.75 Å². The molecule has 0 saturated heterocycles. The number of aliphatic hydroxyl groups is 1. The van der Waals surface area contributed by atoms with Gasteiger partial charge < -0.3 is 15.2 Å². The zero-order valence-electron chi connectivity index (χ0n) is 10.6. The van der Waals surface area contributed by atoms with Gasteiger partial charge in [0.2, 0.25) is 0 Å². The Morgan fingerprint density at radius 2 is 2.18 bits per heavy atom. The van der Waals surface area contributed by atoms with Crippen molar-refractivity contribution in [2.75, 3.05) is 20.2 Å². The van der Waals surface area contributed by atoms with Crippen LogP contribution < -0.4 is 10.1 Å². The Labute approximate surface area is 111 Å². The number of hydrogen-bond acceptors (Lipinski definition) is 3. The highest BCUT2D eigenvalue weighted by Crippen LogP contribution is 2.26. The summed E-state index contributed by atoms with van der Waals surface area (Å²) in [6.07, 6.45) is 0.558. The Hall–Kier alpha value is -0.580. The van der Waals surface area contributed by atoms with Crippen molar-refractivity contribution in [3.63, 3.8) is 0 Å². The van der Waals surface area contributed by atoms with E-state index in [-0.39, 0.29) is 0 Å². The number of likely N-dealkylation sites (N-methyl/N-ethyl adjacent to an activating group) is 1. The second kappa shape index (κ2) is 6.38. The molecule has 96 valence electrons. The first-order valence-electron chi connectivity index (χ1n) is 5.74. The van der Waals surface area contributed by atoms with E-state index < -0.39 is 5.60 Å². The summed E-state index contributed by atoms with van der Waals surface area (Å²) < 4.78 is 6.29. The van der Waals surface area contributed by atoms with Crippen LogP contribution in [0.1, 0.15) is 19.4 Å². The van der Waals surface area contributed by atoms with Crippen LogP contribution in [0.15, 0.2) is 22.7 Å². The minimum atomic E-state index is -0.774. The molecule has 0 radical (unpaired) electrons. The van der Waals surface area contributed by atoms with Crippen molar-refractivity contribution in [3.05, 3.63) is 28.2 Å². The summed E-state index contributed by atoms with van der Waals surface area (Å²) in [6.45, 7) is 5.27. The fraction of sp³-hybridized carbons (Fsp3) is 0.538. The second-order valence-corrected chi connectivity index (χ2v) is 5.33. The lowest BCUT2D eigenvalue weighted by atomic mass is 9.96. The highest BCUT2D eigenvalue weighted by atomic mass is 79.9. The van der Waals surface area contributed by atoms with E-state index in [1.165, 1.54) is 0 Å². The lowest BCUT2D eigenvalue weighted by Gasteiger charge is -2.24. The summed E-state index contributed by atoms with van der Waals surface area (Å²) in [6, 6.07) is 5.82. The molecule has 0 aliphatic heterocycles. The molecule has 1 rings (SSSR count). The van der Waals surface area contributed by atoms with Gasteiger partial charge in [-0.1, -0.05) is 22.9 Å². The molecule has 4 heteroatoms. The van der Waals surface area contributed by atoms with Gasteiger partial charge in [-0.2, -0.15) is 0 Å². The van der Waals surface area contributed by atoms with Crippen molar-refractivity contribution in [1.29, 1.82) is 0 Å². The Balaban J connectivity index is 2.82. The van der Waals surface area contributed by atoms with E-state index >= 15 is 0 Å². The molecule has 3 nitrogen and oxygen atoms in total. The summed E-state index contributed by atoms with van der Waals surface area (Å²) in [5, 5.41) is 13.4. The maximum absolute atomic E-state index is 10.3. The molecule has 1 aromatic rings. The molecular weight excluding hydrogens is 282 g/mol.